The van der Waals surface area contributed by atoms with E-state index in [1.807, 2.05) is 29.5 Å². The minimum atomic E-state index is 0.327. The van der Waals surface area contributed by atoms with Gasteiger partial charge in [0.2, 0.25) is 0 Å². The van der Waals surface area contributed by atoms with E-state index < -0.39 is 0 Å². The number of methoxy groups -OCH3 is 1. The van der Waals surface area contributed by atoms with Gasteiger partial charge in [0.1, 0.15) is 5.75 Å². The molecular weight excluding hydrogens is 318 g/mol. The second-order valence-corrected chi connectivity index (χ2v) is 6.92. The number of benzene rings is 1. The molecule has 1 atom stereocenters. The minimum Gasteiger partial charge on any atom is -0.496 e. The van der Waals surface area contributed by atoms with Crippen LogP contribution in [0.25, 0.3) is 0 Å². The van der Waals surface area contributed by atoms with Crippen molar-refractivity contribution in [3.8, 4) is 5.75 Å². The highest BCUT2D eigenvalue weighted by molar-refractivity contribution is 7.11. The Labute approximate surface area is 149 Å². The normalized spacial score (nSPS) is 12.8. The lowest BCUT2D eigenvalue weighted by molar-refractivity contribution is 0.406. The molecule has 0 saturated heterocycles. The van der Waals surface area contributed by atoms with Gasteiger partial charge in [-0.3, -0.25) is 4.99 Å². The molecule has 0 saturated carbocycles. The molecule has 0 amide bonds. The molecule has 0 aliphatic rings. The van der Waals surface area contributed by atoms with Crippen molar-refractivity contribution < 1.29 is 4.74 Å². The van der Waals surface area contributed by atoms with E-state index in [0.29, 0.717) is 5.92 Å². The first-order chi connectivity index (χ1) is 11.7. The first kappa shape index (κ1) is 18.3. The molecule has 0 aliphatic carbocycles. The minimum absolute atomic E-state index is 0.327. The fraction of sp³-hybridized carbons (Fsp3) is 0.421. The third-order valence-electron chi connectivity index (χ3n) is 3.96. The standard InChI is InChI=1S/C19H27N3OS/c1-5-15-10-11-16(24-15)13-22-19(20-3)21-12-14(2)17-8-6-7-9-18(17)23-4/h6-11,14H,5,12-13H2,1-4H3,(H2,20,21,22). The second-order valence-electron chi connectivity index (χ2n) is 5.67. The van der Waals surface area contributed by atoms with Gasteiger partial charge in [0.25, 0.3) is 0 Å². The van der Waals surface area contributed by atoms with E-state index in [9.17, 15) is 0 Å². The lowest BCUT2D eigenvalue weighted by Crippen LogP contribution is -2.38. The fourth-order valence-electron chi connectivity index (χ4n) is 2.53. The molecule has 130 valence electrons. The van der Waals surface area contributed by atoms with Gasteiger partial charge in [-0.05, 0) is 30.2 Å². The van der Waals surface area contributed by atoms with E-state index >= 15 is 0 Å². The molecule has 0 bridgehead atoms. The number of nitrogens with one attached hydrogen (secondary N) is 2. The van der Waals surface area contributed by atoms with E-state index in [4.69, 9.17) is 4.74 Å². The maximum absolute atomic E-state index is 5.45. The molecule has 1 heterocycles. The smallest absolute Gasteiger partial charge is 0.191 e. The summed E-state index contributed by atoms with van der Waals surface area (Å²) in [6.07, 6.45) is 1.09. The van der Waals surface area contributed by atoms with Gasteiger partial charge in [0.15, 0.2) is 5.96 Å². The van der Waals surface area contributed by atoms with Crippen LogP contribution in [0.5, 0.6) is 5.75 Å². The van der Waals surface area contributed by atoms with Crippen LogP contribution in [0.2, 0.25) is 0 Å². The summed E-state index contributed by atoms with van der Waals surface area (Å²) in [5, 5.41) is 6.77. The van der Waals surface area contributed by atoms with Crippen molar-refractivity contribution in [1.29, 1.82) is 0 Å². The molecule has 1 aromatic carbocycles. The third-order valence-corrected chi connectivity index (χ3v) is 5.19. The number of ether oxygens (including phenoxy) is 1. The molecule has 5 heteroatoms. The van der Waals surface area contributed by atoms with E-state index in [1.165, 1.54) is 15.3 Å². The summed E-state index contributed by atoms with van der Waals surface area (Å²) in [4.78, 5) is 7.05. The molecule has 0 spiro atoms. The van der Waals surface area contributed by atoms with Crippen LogP contribution in [-0.2, 0) is 13.0 Å². The molecular formula is C19H27N3OS. The zero-order chi connectivity index (χ0) is 17.4. The Morgan fingerprint density at radius 1 is 1.17 bits per heavy atom. The summed E-state index contributed by atoms with van der Waals surface area (Å²) in [5.41, 5.74) is 1.20. The van der Waals surface area contributed by atoms with Crippen molar-refractivity contribution in [3.05, 3.63) is 51.7 Å². The van der Waals surface area contributed by atoms with Gasteiger partial charge in [0.05, 0.1) is 13.7 Å². The van der Waals surface area contributed by atoms with Crippen molar-refractivity contribution in [2.75, 3.05) is 20.7 Å². The highest BCUT2D eigenvalue weighted by atomic mass is 32.1. The Kier molecular flexibility index (Phi) is 7.12. The predicted octanol–water partition coefficient (Wildman–Crippen LogP) is 3.79. The number of hydrogen-bond donors (Lipinski definition) is 2. The van der Waals surface area contributed by atoms with Crippen LogP contribution in [0.1, 0.15) is 35.1 Å². The summed E-state index contributed by atoms with van der Waals surface area (Å²) in [7, 11) is 3.51. The number of thiophene rings is 1. The molecule has 2 N–H and O–H groups in total. The number of guanidine groups is 1. The lowest BCUT2D eigenvalue weighted by atomic mass is 10.0. The maximum atomic E-state index is 5.45. The highest BCUT2D eigenvalue weighted by Crippen LogP contribution is 2.25. The van der Waals surface area contributed by atoms with Crippen LogP contribution >= 0.6 is 11.3 Å². The number of nitrogens with zero attached hydrogens (tertiary/aromatic N) is 1. The van der Waals surface area contributed by atoms with Gasteiger partial charge in [-0.2, -0.15) is 0 Å². The van der Waals surface area contributed by atoms with Gasteiger partial charge in [-0.15, -0.1) is 11.3 Å². The van der Waals surface area contributed by atoms with Gasteiger partial charge in [0, 0.05) is 29.3 Å². The Hall–Kier alpha value is -2.01. The second kappa shape index (κ2) is 9.33. The first-order valence-electron chi connectivity index (χ1n) is 8.33. The monoisotopic (exact) mass is 345 g/mol. The Morgan fingerprint density at radius 2 is 1.92 bits per heavy atom. The Morgan fingerprint density at radius 3 is 2.58 bits per heavy atom. The molecule has 1 aromatic heterocycles. The van der Waals surface area contributed by atoms with Crippen LogP contribution < -0.4 is 15.4 Å². The third kappa shape index (κ3) is 4.99. The van der Waals surface area contributed by atoms with Crippen LogP contribution in [0.3, 0.4) is 0 Å². The van der Waals surface area contributed by atoms with Crippen LogP contribution in [-0.4, -0.2) is 26.7 Å². The number of rotatable bonds is 7. The zero-order valence-electron chi connectivity index (χ0n) is 14.9. The van der Waals surface area contributed by atoms with Crippen LogP contribution in [0.4, 0.5) is 0 Å². The van der Waals surface area contributed by atoms with Crippen molar-refractivity contribution in [3.63, 3.8) is 0 Å². The topological polar surface area (TPSA) is 45.7 Å². The van der Waals surface area contributed by atoms with Crippen molar-refractivity contribution in [1.82, 2.24) is 10.6 Å². The predicted molar refractivity (Wildman–Crippen MR) is 103 cm³/mol. The average molecular weight is 346 g/mol. The molecule has 0 aliphatic heterocycles. The van der Waals surface area contributed by atoms with Crippen molar-refractivity contribution in [2.45, 2.75) is 32.7 Å². The summed E-state index contributed by atoms with van der Waals surface area (Å²) in [6.45, 7) is 5.96. The van der Waals surface area contributed by atoms with Crippen LogP contribution in [0.15, 0.2) is 41.4 Å². The number of aryl methyl sites for hydroxylation is 1. The van der Waals surface area contributed by atoms with E-state index in [1.54, 1.807) is 14.2 Å². The van der Waals surface area contributed by atoms with Crippen molar-refractivity contribution in [2.24, 2.45) is 4.99 Å². The Balaban J connectivity index is 1.86. The largest absolute Gasteiger partial charge is 0.496 e. The van der Waals surface area contributed by atoms with Crippen LogP contribution in [0, 0.1) is 0 Å². The van der Waals surface area contributed by atoms with Crippen molar-refractivity contribution >= 4 is 17.3 Å². The molecule has 0 radical (unpaired) electrons. The molecule has 4 nitrogen and oxygen atoms in total. The molecule has 24 heavy (non-hydrogen) atoms. The molecule has 1 unspecified atom stereocenters. The number of hydrogen-bond acceptors (Lipinski definition) is 3. The van der Waals surface area contributed by atoms with E-state index in [0.717, 1.165) is 31.2 Å². The molecule has 0 fully saturated rings. The van der Waals surface area contributed by atoms with Gasteiger partial charge >= 0.3 is 0 Å². The number of aliphatic imine (C=N–C) groups is 1. The maximum Gasteiger partial charge on any atom is 0.191 e. The Bertz CT molecular complexity index is 666. The van der Waals surface area contributed by atoms with Gasteiger partial charge in [-0.25, -0.2) is 0 Å². The van der Waals surface area contributed by atoms with E-state index in [-0.39, 0.29) is 0 Å². The lowest BCUT2D eigenvalue weighted by Gasteiger charge is -2.18. The summed E-state index contributed by atoms with van der Waals surface area (Å²) >= 11 is 1.85. The van der Waals surface area contributed by atoms with Gasteiger partial charge < -0.3 is 15.4 Å². The SMILES string of the molecule is CCc1ccc(CNC(=NC)NCC(C)c2ccccc2OC)s1. The summed E-state index contributed by atoms with van der Waals surface area (Å²) < 4.78 is 5.45. The van der Waals surface area contributed by atoms with Gasteiger partial charge in [-0.1, -0.05) is 32.0 Å². The molecule has 2 rings (SSSR count). The van der Waals surface area contributed by atoms with E-state index in [2.05, 4.69) is 47.7 Å². The molecule has 2 aromatic rings. The zero-order valence-corrected chi connectivity index (χ0v) is 15.7. The fourth-order valence-corrected chi connectivity index (χ4v) is 3.43. The highest BCUT2D eigenvalue weighted by Gasteiger charge is 2.11. The first-order valence-corrected chi connectivity index (χ1v) is 9.14. The summed E-state index contributed by atoms with van der Waals surface area (Å²) in [6, 6.07) is 12.5. The quantitative estimate of drug-likeness (QED) is 0.593. The number of para-hydroxylation sites is 1. The summed E-state index contributed by atoms with van der Waals surface area (Å²) in [5.74, 6) is 2.08. The average Bonchev–Trinajstić information content (AvgIpc) is 3.09.